The number of halogens is 1. The minimum Gasteiger partial charge on any atom is -0.375 e. The van der Waals surface area contributed by atoms with E-state index in [-0.39, 0.29) is 10.7 Å². The molecular formula is C27H38FN5O3S3. The fraction of sp³-hybridized carbons (Fsp3) is 0.444. The molecule has 214 valence electrons. The number of hydrogen-bond donors (Lipinski definition) is 4. The molecule has 0 atom stereocenters. The number of aromatic nitrogens is 2. The number of nitrogens with one attached hydrogen (secondary N) is 1. The van der Waals surface area contributed by atoms with Gasteiger partial charge < -0.3 is 15.0 Å². The Kier molecular flexibility index (Phi) is 13.3. The lowest BCUT2D eigenvalue weighted by Gasteiger charge is -2.21. The molecule has 0 unspecified atom stereocenters. The second-order valence-electron chi connectivity index (χ2n) is 9.13. The highest BCUT2D eigenvalue weighted by Gasteiger charge is 2.14. The van der Waals surface area contributed by atoms with Crippen LogP contribution < -0.4 is 10.5 Å². The first kappa shape index (κ1) is 31.6. The van der Waals surface area contributed by atoms with Crippen LogP contribution in [0.1, 0.15) is 25.0 Å². The average molecular weight is 596 g/mol. The molecule has 2 aromatic carbocycles. The number of benzene rings is 2. The molecule has 0 spiro atoms. The molecule has 1 aromatic heterocycles. The number of primary sulfonamides is 1. The fourth-order valence-electron chi connectivity index (χ4n) is 4.11. The van der Waals surface area contributed by atoms with Crippen LogP contribution in [-0.2, 0) is 21.4 Å². The molecule has 0 saturated carbocycles. The molecule has 0 amide bonds. The van der Waals surface area contributed by atoms with Crippen molar-refractivity contribution >= 4 is 35.3 Å². The number of hydrogen-bond acceptors (Lipinski definition) is 8. The van der Waals surface area contributed by atoms with Crippen LogP contribution in [0.5, 0.6) is 0 Å². The van der Waals surface area contributed by atoms with Gasteiger partial charge in [-0.05, 0) is 80.4 Å². The minimum atomic E-state index is -3.80. The number of thiol groups is 2. The number of nitrogens with two attached hydrogens (primary N) is 1. The Labute approximate surface area is 242 Å². The van der Waals surface area contributed by atoms with Gasteiger partial charge in [0.15, 0.2) is 0 Å². The van der Waals surface area contributed by atoms with Gasteiger partial charge in [0, 0.05) is 49.9 Å². The van der Waals surface area contributed by atoms with E-state index in [0.29, 0.717) is 18.9 Å². The predicted octanol–water partition coefficient (Wildman–Crippen LogP) is 3.76. The largest absolute Gasteiger partial charge is 0.375 e. The summed E-state index contributed by atoms with van der Waals surface area (Å²) in [6.45, 7) is 5.86. The Morgan fingerprint density at radius 1 is 0.949 bits per heavy atom. The quantitative estimate of drug-likeness (QED) is 0.132. The van der Waals surface area contributed by atoms with E-state index in [1.54, 1.807) is 28.9 Å². The second-order valence-corrected chi connectivity index (χ2v) is 11.6. The Balaban J connectivity index is 1.55. The summed E-state index contributed by atoms with van der Waals surface area (Å²) in [6, 6.07) is 14.2. The van der Waals surface area contributed by atoms with E-state index >= 15 is 0 Å². The lowest BCUT2D eigenvalue weighted by Crippen LogP contribution is -2.34. The maximum absolute atomic E-state index is 13.5. The summed E-state index contributed by atoms with van der Waals surface area (Å²) in [5.41, 5.74) is 2.89. The van der Waals surface area contributed by atoms with E-state index in [4.69, 9.17) is 9.88 Å². The lowest BCUT2D eigenvalue weighted by atomic mass is 10.1. The third-order valence-corrected chi connectivity index (χ3v) is 7.49. The van der Waals surface area contributed by atoms with Crippen LogP contribution in [0.3, 0.4) is 0 Å². The van der Waals surface area contributed by atoms with Gasteiger partial charge in [-0.1, -0.05) is 0 Å². The summed E-state index contributed by atoms with van der Waals surface area (Å²) in [7, 11) is -3.80. The predicted molar refractivity (Wildman–Crippen MR) is 161 cm³/mol. The monoisotopic (exact) mass is 595 g/mol. The highest BCUT2D eigenvalue weighted by Crippen LogP contribution is 2.25. The van der Waals surface area contributed by atoms with Crippen molar-refractivity contribution in [1.29, 1.82) is 0 Å². The van der Waals surface area contributed by atoms with E-state index in [2.05, 4.69) is 40.6 Å². The zero-order chi connectivity index (χ0) is 28.1. The Hall–Kier alpha value is -1.93. The van der Waals surface area contributed by atoms with Crippen molar-refractivity contribution in [2.24, 2.45) is 5.14 Å². The van der Waals surface area contributed by atoms with Gasteiger partial charge in [-0.15, -0.1) is 0 Å². The number of unbranched alkanes of at least 4 members (excludes halogenated alkanes) is 2. The van der Waals surface area contributed by atoms with Crippen LogP contribution in [-0.4, -0.2) is 73.9 Å². The third kappa shape index (κ3) is 10.5. The van der Waals surface area contributed by atoms with Gasteiger partial charge in [-0.2, -0.15) is 30.4 Å². The number of ether oxygens (including phenoxy) is 1. The van der Waals surface area contributed by atoms with Crippen LogP contribution in [0.2, 0.25) is 0 Å². The molecule has 0 fully saturated rings. The third-order valence-electron chi connectivity index (χ3n) is 6.13. The van der Waals surface area contributed by atoms with Crippen LogP contribution >= 0.6 is 25.3 Å². The highest BCUT2D eigenvalue weighted by molar-refractivity contribution is 7.89. The maximum Gasteiger partial charge on any atom is 0.238 e. The van der Waals surface area contributed by atoms with Crippen molar-refractivity contribution in [3.63, 3.8) is 0 Å². The standard InChI is InChI=1S/C27H38FN5O3S3/c28-23-6-4-22(5-7-23)27-20-24(31-33(27)25-8-10-26(11-9-25)39(29,34)35)21-36-17-3-1-2-14-32(16-19-38)15-12-30-13-18-37/h4-11,20,30,37-38H,1-3,12-19,21H2,(H2,29,34,35). The first-order chi connectivity index (χ1) is 18.8. The molecule has 0 radical (unpaired) electrons. The van der Waals surface area contributed by atoms with Crippen molar-refractivity contribution in [2.45, 2.75) is 30.8 Å². The van der Waals surface area contributed by atoms with Gasteiger partial charge in [-0.3, -0.25) is 0 Å². The SMILES string of the molecule is NS(=O)(=O)c1ccc(-n2nc(COCCCCCN(CCS)CCNCCS)cc2-c2ccc(F)cc2)cc1. The highest BCUT2D eigenvalue weighted by atomic mass is 32.2. The topological polar surface area (TPSA) is 102 Å². The summed E-state index contributed by atoms with van der Waals surface area (Å²) in [4.78, 5) is 2.45. The van der Waals surface area contributed by atoms with Crippen LogP contribution in [0.4, 0.5) is 4.39 Å². The molecule has 0 bridgehead atoms. The second kappa shape index (κ2) is 16.4. The van der Waals surface area contributed by atoms with E-state index in [1.165, 1.54) is 24.3 Å². The van der Waals surface area contributed by atoms with Crippen molar-refractivity contribution < 1.29 is 17.5 Å². The molecule has 39 heavy (non-hydrogen) atoms. The summed E-state index contributed by atoms with van der Waals surface area (Å²) in [5.74, 6) is 1.36. The normalized spacial score (nSPS) is 11.9. The van der Waals surface area contributed by atoms with E-state index < -0.39 is 10.0 Å². The molecular weight excluding hydrogens is 558 g/mol. The number of nitrogens with zero attached hydrogens (tertiary/aromatic N) is 3. The molecule has 1 heterocycles. The molecule has 3 aromatic rings. The van der Waals surface area contributed by atoms with Crippen LogP contribution in [0, 0.1) is 5.82 Å². The lowest BCUT2D eigenvalue weighted by molar-refractivity contribution is 0.113. The van der Waals surface area contributed by atoms with E-state index in [1.807, 2.05) is 6.07 Å². The van der Waals surface area contributed by atoms with Gasteiger partial charge in [0.05, 0.1) is 28.6 Å². The van der Waals surface area contributed by atoms with Crippen LogP contribution in [0.15, 0.2) is 59.5 Å². The first-order valence-corrected chi connectivity index (χ1v) is 15.8. The Morgan fingerprint density at radius 3 is 2.36 bits per heavy atom. The summed E-state index contributed by atoms with van der Waals surface area (Å²) in [5, 5.41) is 13.3. The molecule has 3 rings (SSSR count). The summed E-state index contributed by atoms with van der Waals surface area (Å²) in [6.07, 6.45) is 3.12. The van der Waals surface area contributed by atoms with Crippen molar-refractivity contribution in [2.75, 3.05) is 50.8 Å². The van der Waals surface area contributed by atoms with Gasteiger partial charge >= 0.3 is 0 Å². The molecule has 0 aliphatic rings. The van der Waals surface area contributed by atoms with Gasteiger partial charge in [0.2, 0.25) is 10.0 Å². The fourth-order valence-corrected chi connectivity index (χ4v) is 5.07. The smallest absolute Gasteiger partial charge is 0.238 e. The first-order valence-electron chi connectivity index (χ1n) is 13.0. The van der Waals surface area contributed by atoms with Gasteiger partial charge in [0.1, 0.15) is 5.82 Å². The van der Waals surface area contributed by atoms with Gasteiger partial charge in [-0.25, -0.2) is 22.6 Å². The average Bonchev–Trinajstić information content (AvgIpc) is 3.34. The maximum atomic E-state index is 13.5. The summed E-state index contributed by atoms with van der Waals surface area (Å²) < 4.78 is 44.4. The summed E-state index contributed by atoms with van der Waals surface area (Å²) >= 11 is 8.60. The Morgan fingerprint density at radius 2 is 1.69 bits per heavy atom. The van der Waals surface area contributed by atoms with E-state index in [9.17, 15) is 12.8 Å². The van der Waals surface area contributed by atoms with Crippen molar-refractivity contribution in [3.8, 4) is 16.9 Å². The minimum absolute atomic E-state index is 0.0178. The molecule has 8 nitrogen and oxygen atoms in total. The van der Waals surface area contributed by atoms with Crippen LogP contribution in [0.25, 0.3) is 16.9 Å². The zero-order valence-electron chi connectivity index (χ0n) is 22.0. The van der Waals surface area contributed by atoms with E-state index in [0.717, 1.165) is 80.4 Å². The molecule has 0 saturated heterocycles. The molecule has 3 N–H and O–H groups in total. The molecule has 0 aliphatic carbocycles. The molecule has 12 heteroatoms. The molecule has 0 aliphatic heterocycles. The number of sulfonamides is 1. The van der Waals surface area contributed by atoms with Crippen molar-refractivity contribution in [1.82, 2.24) is 20.0 Å². The Bertz CT molecular complexity index is 1240. The zero-order valence-corrected chi connectivity index (χ0v) is 24.6. The van der Waals surface area contributed by atoms with Gasteiger partial charge in [0.25, 0.3) is 0 Å². The van der Waals surface area contributed by atoms with Crippen molar-refractivity contribution in [3.05, 3.63) is 66.1 Å². The number of rotatable bonds is 18.